The molecule has 2 aromatic carbocycles. The van der Waals surface area contributed by atoms with Crippen molar-refractivity contribution in [1.29, 1.82) is 0 Å². The van der Waals surface area contributed by atoms with E-state index < -0.39 is 10.0 Å². The second kappa shape index (κ2) is 8.63. The molecule has 36 heavy (non-hydrogen) atoms. The summed E-state index contributed by atoms with van der Waals surface area (Å²) >= 11 is 0. The van der Waals surface area contributed by atoms with Crippen molar-refractivity contribution in [3.63, 3.8) is 0 Å². The third-order valence-electron chi connectivity index (χ3n) is 7.12. The fourth-order valence-corrected chi connectivity index (χ4v) is 6.58. The molecule has 3 heterocycles. The molecule has 6 rings (SSSR count). The number of piperazine rings is 1. The van der Waals surface area contributed by atoms with Gasteiger partial charge in [-0.3, -0.25) is 9.78 Å². The summed E-state index contributed by atoms with van der Waals surface area (Å²) in [5.41, 5.74) is 6.77. The molecule has 1 N–H and O–H groups in total. The van der Waals surface area contributed by atoms with Crippen molar-refractivity contribution < 1.29 is 13.2 Å². The molecule has 2 aromatic heterocycles. The summed E-state index contributed by atoms with van der Waals surface area (Å²) in [5, 5.41) is 0.890. The van der Waals surface area contributed by atoms with Crippen LogP contribution in [0.25, 0.3) is 22.0 Å². The number of carbonyl (C=O) groups is 1. The van der Waals surface area contributed by atoms with Crippen molar-refractivity contribution in [2.24, 2.45) is 0 Å². The Hall–Kier alpha value is -3.93. The minimum atomic E-state index is -3.71. The molecule has 1 saturated heterocycles. The van der Waals surface area contributed by atoms with Crippen LogP contribution in [-0.2, 0) is 22.9 Å². The van der Waals surface area contributed by atoms with Crippen molar-refractivity contribution in [3.05, 3.63) is 83.2 Å². The number of rotatable bonds is 3. The van der Waals surface area contributed by atoms with Crippen LogP contribution in [0.2, 0.25) is 0 Å². The Labute approximate surface area is 209 Å². The summed E-state index contributed by atoms with van der Waals surface area (Å²) in [6.45, 7) is 1.16. The number of fused-ring (bicyclic) bond motifs is 4. The van der Waals surface area contributed by atoms with Gasteiger partial charge in [0.2, 0.25) is 0 Å². The number of aromatic nitrogens is 2. The van der Waals surface area contributed by atoms with E-state index in [1.54, 1.807) is 35.4 Å². The van der Waals surface area contributed by atoms with Gasteiger partial charge in [-0.05, 0) is 77.6 Å². The third kappa shape index (κ3) is 3.77. The minimum absolute atomic E-state index is 0.0669. The molecule has 0 bridgehead atoms. The van der Waals surface area contributed by atoms with Gasteiger partial charge in [0.05, 0.1) is 0 Å². The van der Waals surface area contributed by atoms with Crippen molar-refractivity contribution in [1.82, 2.24) is 19.2 Å². The molecular formula is C28H24N4O3S. The number of amides is 1. The maximum atomic E-state index is 13.3. The number of hydrogen-bond acceptors (Lipinski definition) is 4. The normalized spacial score (nSPS) is 15.8. The Morgan fingerprint density at radius 3 is 2.53 bits per heavy atom. The Balaban J connectivity index is 1.17. The van der Waals surface area contributed by atoms with Crippen molar-refractivity contribution >= 4 is 26.8 Å². The van der Waals surface area contributed by atoms with Crippen LogP contribution in [0.15, 0.2) is 66.0 Å². The molecule has 4 aromatic rings. The molecule has 0 spiro atoms. The highest BCUT2D eigenvalue weighted by Gasteiger charge is 2.32. The topological polar surface area (TPSA) is 86.4 Å². The Kier molecular flexibility index (Phi) is 5.40. The van der Waals surface area contributed by atoms with Gasteiger partial charge in [-0.2, -0.15) is 4.31 Å². The standard InChI is InChI=1S/C28H24N4O3S/c1-2-19-3-8-26-23(15-19)17-27(30-26)36(34,35)32-13-11-31(12-14-32)28(33)21-6-7-24-20(16-21)4-5-22-18-29-10-9-25(22)24/h1,3,6-10,15-18,30H,4-5,11-14H2. The molecule has 1 aliphatic heterocycles. The first-order chi connectivity index (χ1) is 17.4. The summed E-state index contributed by atoms with van der Waals surface area (Å²) < 4.78 is 28.0. The summed E-state index contributed by atoms with van der Waals surface area (Å²) in [5.74, 6) is 2.50. The van der Waals surface area contributed by atoms with Crippen LogP contribution in [0, 0.1) is 12.3 Å². The van der Waals surface area contributed by atoms with Crippen molar-refractivity contribution in [2.75, 3.05) is 26.2 Å². The lowest BCUT2D eigenvalue weighted by atomic mass is 9.86. The van der Waals surface area contributed by atoms with Gasteiger partial charge in [0.25, 0.3) is 15.9 Å². The van der Waals surface area contributed by atoms with Crippen LogP contribution in [0.4, 0.5) is 0 Å². The zero-order chi connectivity index (χ0) is 24.9. The van der Waals surface area contributed by atoms with E-state index in [1.807, 2.05) is 30.5 Å². The number of nitrogens with zero attached hydrogens (tertiary/aromatic N) is 3. The number of benzene rings is 2. The molecule has 7 nitrogen and oxygen atoms in total. The molecular weight excluding hydrogens is 472 g/mol. The second-order valence-corrected chi connectivity index (χ2v) is 11.1. The molecule has 0 saturated carbocycles. The number of carbonyl (C=O) groups excluding carboxylic acids is 1. The quantitative estimate of drug-likeness (QED) is 0.440. The maximum absolute atomic E-state index is 13.3. The fourth-order valence-electron chi connectivity index (χ4n) is 5.14. The Morgan fingerprint density at radius 2 is 1.72 bits per heavy atom. The van der Waals surface area contributed by atoms with Crippen molar-refractivity contribution in [3.8, 4) is 23.5 Å². The molecule has 0 radical (unpaired) electrons. The van der Waals surface area contributed by atoms with Crippen LogP contribution >= 0.6 is 0 Å². The van der Waals surface area contributed by atoms with Gasteiger partial charge < -0.3 is 9.88 Å². The van der Waals surface area contributed by atoms with E-state index in [1.165, 1.54) is 15.4 Å². The van der Waals surface area contributed by atoms with Crippen LogP contribution in [-0.4, -0.2) is 59.7 Å². The van der Waals surface area contributed by atoms with Gasteiger partial charge in [0.15, 0.2) is 0 Å². The summed E-state index contributed by atoms with van der Waals surface area (Å²) in [4.78, 5) is 22.2. The molecule has 0 unspecified atom stereocenters. The number of H-pyrrole nitrogens is 1. The van der Waals surface area contributed by atoms with Gasteiger partial charge >= 0.3 is 0 Å². The van der Waals surface area contributed by atoms with E-state index in [9.17, 15) is 13.2 Å². The number of aromatic amines is 1. The highest BCUT2D eigenvalue weighted by Crippen LogP contribution is 2.33. The average Bonchev–Trinajstić information content (AvgIpc) is 3.37. The average molecular weight is 497 g/mol. The largest absolute Gasteiger partial charge is 0.345 e. The number of hydrogen-bond donors (Lipinski definition) is 1. The lowest BCUT2D eigenvalue weighted by molar-refractivity contribution is 0.0697. The molecule has 0 atom stereocenters. The van der Waals surface area contributed by atoms with Crippen LogP contribution in [0.3, 0.4) is 0 Å². The predicted octanol–water partition coefficient (Wildman–Crippen LogP) is 3.46. The number of aryl methyl sites for hydroxylation is 2. The summed E-state index contributed by atoms with van der Waals surface area (Å²) in [6, 6.07) is 14.9. The summed E-state index contributed by atoms with van der Waals surface area (Å²) in [7, 11) is -3.71. The highest BCUT2D eigenvalue weighted by molar-refractivity contribution is 7.89. The fraction of sp³-hybridized carbons (Fsp3) is 0.214. The van der Waals surface area contributed by atoms with Crippen LogP contribution in [0.1, 0.15) is 27.0 Å². The molecule has 2 aliphatic rings. The zero-order valence-corrected chi connectivity index (χ0v) is 20.4. The third-order valence-corrected chi connectivity index (χ3v) is 8.94. The van der Waals surface area contributed by atoms with E-state index in [-0.39, 0.29) is 24.0 Å². The van der Waals surface area contributed by atoms with Gasteiger partial charge in [0.1, 0.15) is 5.03 Å². The molecule has 1 amide bonds. The number of nitrogens with one attached hydrogen (secondary N) is 1. The van der Waals surface area contributed by atoms with E-state index in [0.29, 0.717) is 29.7 Å². The Morgan fingerprint density at radius 1 is 0.944 bits per heavy atom. The monoisotopic (exact) mass is 496 g/mol. The molecule has 8 heteroatoms. The smallest absolute Gasteiger partial charge is 0.258 e. The molecule has 1 fully saturated rings. The lowest BCUT2D eigenvalue weighted by Crippen LogP contribution is -2.50. The van der Waals surface area contributed by atoms with Gasteiger partial charge in [0, 0.05) is 60.6 Å². The van der Waals surface area contributed by atoms with Gasteiger partial charge in [-0.15, -0.1) is 6.42 Å². The Bertz CT molecular complexity index is 1660. The van der Waals surface area contributed by atoms with E-state index >= 15 is 0 Å². The van der Waals surface area contributed by atoms with E-state index in [0.717, 1.165) is 29.4 Å². The molecule has 180 valence electrons. The van der Waals surface area contributed by atoms with E-state index in [4.69, 9.17) is 6.42 Å². The number of pyridine rings is 1. The number of terminal acetylenes is 1. The first-order valence-electron chi connectivity index (χ1n) is 11.9. The minimum Gasteiger partial charge on any atom is -0.345 e. The van der Waals surface area contributed by atoms with E-state index in [2.05, 4.69) is 15.9 Å². The first kappa shape index (κ1) is 22.5. The van der Waals surface area contributed by atoms with Crippen molar-refractivity contribution in [2.45, 2.75) is 17.9 Å². The first-order valence-corrected chi connectivity index (χ1v) is 13.3. The maximum Gasteiger partial charge on any atom is 0.258 e. The van der Waals surface area contributed by atoms with Crippen LogP contribution in [0.5, 0.6) is 0 Å². The van der Waals surface area contributed by atoms with Gasteiger partial charge in [-0.25, -0.2) is 8.42 Å². The van der Waals surface area contributed by atoms with Gasteiger partial charge in [-0.1, -0.05) is 12.0 Å². The van der Waals surface area contributed by atoms with Crippen LogP contribution < -0.4 is 0 Å². The molecule has 1 aliphatic carbocycles. The lowest BCUT2D eigenvalue weighted by Gasteiger charge is -2.34. The predicted molar refractivity (Wildman–Crippen MR) is 138 cm³/mol. The highest BCUT2D eigenvalue weighted by atomic mass is 32.2. The number of sulfonamides is 1. The zero-order valence-electron chi connectivity index (χ0n) is 19.6. The summed E-state index contributed by atoms with van der Waals surface area (Å²) in [6.07, 6.45) is 10.9. The second-order valence-electron chi connectivity index (χ2n) is 9.18. The SMILES string of the molecule is C#Cc1ccc2[nH]c(S(=O)(=O)N3CCN(C(=O)c4ccc5c(c4)CCc4cnccc4-5)CC3)cc2c1.